The summed E-state index contributed by atoms with van der Waals surface area (Å²) in [5, 5.41) is 9.59. The Morgan fingerprint density at radius 2 is 2.23 bits per heavy atom. The number of rotatable bonds is 2. The van der Waals surface area contributed by atoms with Crippen LogP contribution in [0.25, 0.3) is 5.69 Å². The lowest BCUT2D eigenvalue weighted by atomic mass is 10.3. The fourth-order valence-electron chi connectivity index (χ4n) is 1.12. The first-order chi connectivity index (χ1) is 6.40. The summed E-state index contributed by atoms with van der Waals surface area (Å²) in [6, 6.07) is 9.82. The maximum Gasteiger partial charge on any atom is 0.0657 e. The Bertz CT molecular complexity index is 384. The van der Waals surface area contributed by atoms with Gasteiger partial charge < -0.3 is 0 Å². The molecule has 0 saturated heterocycles. The number of aromatic nitrogens is 2. The van der Waals surface area contributed by atoms with Crippen LogP contribution in [0.3, 0.4) is 0 Å². The lowest BCUT2D eigenvalue weighted by Gasteiger charge is -2.02. The maximum absolute atomic E-state index is 5.46. The summed E-state index contributed by atoms with van der Waals surface area (Å²) < 4.78 is 1.81. The highest BCUT2D eigenvalue weighted by Gasteiger charge is 1.96. The molecule has 0 amide bonds. The van der Waals surface area contributed by atoms with Crippen molar-refractivity contribution in [2.24, 2.45) is 5.14 Å². The van der Waals surface area contributed by atoms with Crippen LogP contribution in [0.2, 0.25) is 0 Å². The molecule has 2 aromatic rings. The third-order valence-electron chi connectivity index (χ3n) is 1.72. The predicted octanol–water partition coefficient (Wildman–Crippen LogP) is 1.84. The summed E-state index contributed by atoms with van der Waals surface area (Å²) in [7, 11) is 0. The molecule has 1 heterocycles. The molecule has 1 aromatic heterocycles. The van der Waals surface area contributed by atoms with E-state index in [2.05, 4.69) is 5.10 Å². The van der Waals surface area contributed by atoms with Gasteiger partial charge in [0.05, 0.1) is 5.69 Å². The monoisotopic (exact) mass is 191 g/mol. The van der Waals surface area contributed by atoms with Gasteiger partial charge in [0.2, 0.25) is 0 Å². The van der Waals surface area contributed by atoms with E-state index in [1.807, 2.05) is 36.5 Å². The summed E-state index contributed by atoms with van der Waals surface area (Å²) in [6.45, 7) is 0. The lowest BCUT2D eigenvalue weighted by Crippen LogP contribution is -1.94. The molecular weight excluding hydrogens is 182 g/mol. The van der Waals surface area contributed by atoms with E-state index in [9.17, 15) is 0 Å². The van der Waals surface area contributed by atoms with Crippen molar-refractivity contribution in [3.05, 3.63) is 42.7 Å². The zero-order chi connectivity index (χ0) is 9.10. The molecule has 2 rings (SSSR count). The zero-order valence-corrected chi connectivity index (χ0v) is 7.74. The second-order valence-corrected chi connectivity index (χ2v) is 3.27. The summed E-state index contributed by atoms with van der Waals surface area (Å²) in [5.41, 5.74) is 1.03. The molecule has 0 bridgehead atoms. The van der Waals surface area contributed by atoms with Crippen LogP contribution in [0.4, 0.5) is 0 Å². The number of hydrogen-bond donors (Lipinski definition) is 1. The lowest BCUT2D eigenvalue weighted by molar-refractivity contribution is 0.877. The van der Waals surface area contributed by atoms with Crippen LogP contribution in [0, 0.1) is 0 Å². The van der Waals surface area contributed by atoms with Gasteiger partial charge in [0.1, 0.15) is 0 Å². The second-order valence-electron chi connectivity index (χ2n) is 2.57. The van der Waals surface area contributed by atoms with Crippen LogP contribution < -0.4 is 5.14 Å². The largest absolute Gasteiger partial charge is 0.274 e. The minimum Gasteiger partial charge on any atom is -0.274 e. The fourth-order valence-corrected chi connectivity index (χ4v) is 1.47. The molecule has 0 radical (unpaired) electrons. The summed E-state index contributed by atoms with van der Waals surface area (Å²) in [6.07, 6.45) is 3.66. The molecule has 0 spiro atoms. The zero-order valence-electron chi connectivity index (χ0n) is 6.92. The third kappa shape index (κ3) is 1.74. The van der Waals surface area contributed by atoms with Crippen molar-refractivity contribution >= 4 is 11.9 Å². The van der Waals surface area contributed by atoms with Gasteiger partial charge in [0.25, 0.3) is 0 Å². The van der Waals surface area contributed by atoms with Crippen LogP contribution in [0.1, 0.15) is 0 Å². The molecule has 0 aliphatic heterocycles. The van der Waals surface area contributed by atoms with Gasteiger partial charge in [-0.05, 0) is 36.2 Å². The Kier molecular flexibility index (Phi) is 2.33. The summed E-state index contributed by atoms with van der Waals surface area (Å²) in [5.74, 6) is 0. The van der Waals surface area contributed by atoms with E-state index < -0.39 is 0 Å². The third-order valence-corrected chi connectivity index (χ3v) is 2.25. The molecule has 0 fully saturated rings. The van der Waals surface area contributed by atoms with Crippen LogP contribution in [0.5, 0.6) is 0 Å². The van der Waals surface area contributed by atoms with Crippen LogP contribution in [0.15, 0.2) is 47.6 Å². The molecule has 0 aliphatic rings. The second kappa shape index (κ2) is 3.64. The van der Waals surface area contributed by atoms with Crippen molar-refractivity contribution in [1.29, 1.82) is 0 Å². The highest BCUT2D eigenvalue weighted by atomic mass is 32.2. The van der Waals surface area contributed by atoms with Crippen molar-refractivity contribution in [1.82, 2.24) is 9.78 Å². The minimum atomic E-state index is 1.03. The molecule has 66 valence electrons. The van der Waals surface area contributed by atoms with Gasteiger partial charge >= 0.3 is 0 Å². The van der Waals surface area contributed by atoms with Gasteiger partial charge in [-0.25, -0.2) is 4.68 Å². The first-order valence-electron chi connectivity index (χ1n) is 3.87. The molecule has 1 aromatic carbocycles. The first kappa shape index (κ1) is 8.34. The molecule has 0 saturated carbocycles. The van der Waals surface area contributed by atoms with Crippen LogP contribution in [-0.2, 0) is 0 Å². The van der Waals surface area contributed by atoms with Gasteiger partial charge in [-0.1, -0.05) is 6.07 Å². The average Bonchev–Trinajstić information content (AvgIpc) is 2.71. The Morgan fingerprint density at radius 3 is 2.92 bits per heavy atom. The molecule has 4 heteroatoms. The summed E-state index contributed by atoms with van der Waals surface area (Å²) in [4.78, 5) is 1.04. The van der Waals surface area contributed by atoms with Gasteiger partial charge in [0, 0.05) is 17.3 Å². The molecular formula is C9H9N3S. The van der Waals surface area contributed by atoms with Crippen molar-refractivity contribution in [3.8, 4) is 5.69 Å². The van der Waals surface area contributed by atoms with Gasteiger partial charge in [0.15, 0.2) is 0 Å². The van der Waals surface area contributed by atoms with Crippen molar-refractivity contribution in [2.45, 2.75) is 4.90 Å². The quantitative estimate of drug-likeness (QED) is 0.736. The van der Waals surface area contributed by atoms with Crippen molar-refractivity contribution < 1.29 is 0 Å². The average molecular weight is 191 g/mol. The number of hydrogen-bond acceptors (Lipinski definition) is 3. The van der Waals surface area contributed by atoms with E-state index in [0.717, 1.165) is 10.6 Å². The van der Waals surface area contributed by atoms with Crippen LogP contribution >= 0.6 is 11.9 Å². The standard InChI is InChI=1S/C9H9N3S/c10-13-9-4-1-3-8(7-9)12-6-2-5-11-12/h1-7H,10H2. The summed E-state index contributed by atoms with van der Waals surface area (Å²) >= 11 is 1.24. The molecule has 3 nitrogen and oxygen atoms in total. The topological polar surface area (TPSA) is 43.8 Å². The van der Waals surface area contributed by atoms with E-state index in [4.69, 9.17) is 5.14 Å². The minimum absolute atomic E-state index is 1.03. The van der Waals surface area contributed by atoms with E-state index >= 15 is 0 Å². The highest BCUT2D eigenvalue weighted by Crippen LogP contribution is 2.15. The molecule has 0 unspecified atom stereocenters. The Labute approximate surface area is 80.7 Å². The van der Waals surface area contributed by atoms with Gasteiger partial charge in [-0.15, -0.1) is 0 Å². The molecule has 0 aliphatic carbocycles. The van der Waals surface area contributed by atoms with E-state index in [0.29, 0.717) is 0 Å². The smallest absolute Gasteiger partial charge is 0.0657 e. The van der Waals surface area contributed by atoms with Crippen molar-refractivity contribution in [3.63, 3.8) is 0 Å². The van der Waals surface area contributed by atoms with Crippen LogP contribution in [-0.4, -0.2) is 9.78 Å². The molecule has 13 heavy (non-hydrogen) atoms. The Hall–Kier alpha value is -1.26. The Balaban J connectivity index is 2.41. The fraction of sp³-hybridized carbons (Fsp3) is 0. The predicted molar refractivity (Wildman–Crippen MR) is 53.6 cm³/mol. The first-order valence-corrected chi connectivity index (χ1v) is 4.75. The number of benzene rings is 1. The molecule has 2 N–H and O–H groups in total. The van der Waals surface area contributed by atoms with Gasteiger partial charge in [-0.2, -0.15) is 5.10 Å². The maximum atomic E-state index is 5.46. The number of nitrogens with two attached hydrogens (primary N) is 1. The normalized spacial score (nSPS) is 10.2. The van der Waals surface area contributed by atoms with E-state index in [-0.39, 0.29) is 0 Å². The van der Waals surface area contributed by atoms with Gasteiger partial charge in [-0.3, -0.25) is 5.14 Å². The number of nitrogens with zero attached hydrogens (tertiary/aromatic N) is 2. The highest BCUT2D eigenvalue weighted by molar-refractivity contribution is 7.97. The SMILES string of the molecule is NSc1cccc(-n2cccn2)c1. The van der Waals surface area contributed by atoms with E-state index in [1.165, 1.54) is 11.9 Å². The Morgan fingerprint density at radius 1 is 1.31 bits per heavy atom. The van der Waals surface area contributed by atoms with E-state index in [1.54, 1.807) is 10.9 Å². The molecule has 0 atom stereocenters. The van der Waals surface area contributed by atoms with Crippen molar-refractivity contribution in [2.75, 3.05) is 0 Å².